The van der Waals surface area contributed by atoms with Gasteiger partial charge in [-0.25, -0.2) is 0 Å². The van der Waals surface area contributed by atoms with Gasteiger partial charge in [-0.1, -0.05) is 18.2 Å². The largest absolute Gasteiger partial charge is 0.480 e. The summed E-state index contributed by atoms with van der Waals surface area (Å²) >= 11 is 0. The fraction of sp³-hybridized carbons (Fsp3) is 0.267. The number of aliphatic carboxylic acids is 1. The number of hydrogen-bond acceptors (Lipinski definition) is 3. The highest BCUT2D eigenvalue weighted by Crippen LogP contribution is 2.17. The third-order valence-corrected chi connectivity index (χ3v) is 3.17. The predicted molar refractivity (Wildman–Crippen MR) is 78.4 cm³/mol. The first-order valence-electron chi connectivity index (χ1n) is 6.55. The lowest BCUT2D eigenvalue weighted by molar-refractivity contribution is -0.138. The number of rotatable bonds is 4. The Morgan fingerprint density at radius 1 is 1.29 bits per heavy atom. The van der Waals surface area contributed by atoms with Crippen molar-refractivity contribution >= 4 is 22.8 Å². The fourth-order valence-corrected chi connectivity index (χ4v) is 2.17. The highest BCUT2D eigenvalue weighted by atomic mass is 16.4. The van der Waals surface area contributed by atoms with Crippen LogP contribution in [0.2, 0.25) is 0 Å². The molecule has 0 saturated carbocycles. The molecule has 6 heteroatoms. The average molecular weight is 288 g/mol. The molecule has 0 spiro atoms. The summed E-state index contributed by atoms with van der Waals surface area (Å²) in [4.78, 5) is 39.1. The van der Waals surface area contributed by atoms with Crippen molar-refractivity contribution in [2.45, 2.75) is 19.9 Å². The second-order valence-corrected chi connectivity index (χ2v) is 5.01. The molecule has 2 aromatic rings. The number of H-pyrrole nitrogens is 1. The Balaban J connectivity index is 2.56. The molecule has 2 N–H and O–H groups in total. The molecule has 0 saturated heterocycles. The summed E-state index contributed by atoms with van der Waals surface area (Å²) in [6.45, 7) is 3.06. The number of amides is 1. The summed E-state index contributed by atoms with van der Waals surface area (Å²) in [5, 5.41) is 9.53. The molecule has 110 valence electrons. The van der Waals surface area contributed by atoms with Crippen LogP contribution in [0, 0.1) is 0 Å². The minimum absolute atomic E-state index is 0.212. The fourth-order valence-electron chi connectivity index (χ4n) is 2.17. The molecule has 6 nitrogen and oxygen atoms in total. The number of para-hydroxylation sites is 1. The lowest BCUT2D eigenvalue weighted by Gasteiger charge is -2.25. The Bertz CT molecular complexity index is 749. The van der Waals surface area contributed by atoms with Crippen LogP contribution < -0.4 is 5.56 Å². The number of aromatic amines is 1. The van der Waals surface area contributed by atoms with Crippen LogP contribution in [0.4, 0.5) is 0 Å². The van der Waals surface area contributed by atoms with E-state index in [0.717, 1.165) is 0 Å². The van der Waals surface area contributed by atoms with E-state index in [1.165, 1.54) is 11.0 Å². The SMILES string of the molecule is CC(C)N(CC(=O)O)C(=O)c1cc(=O)[nH]c2ccccc12. The van der Waals surface area contributed by atoms with Crippen molar-refractivity contribution in [3.63, 3.8) is 0 Å². The van der Waals surface area contributed by atoms with Crippen LogP contribution in [0.5, 0.6) is 0 Å². The van der Waals surface area contributed by atoms with Crippen LogP contribution >= 0.6 is 0 Å². The Kier molecular flexibility index (Phi) is 4.07. The zero-order valence-corrected chi connectivity index (χ0v) is 11.8. The van der Waals surface area contributed by atoms with Crippen LogP contribution in [0.15, 0.2) is 35.1 Å². The second kappa shape index (κ2) is 5.78. The van der Waals surface area contributed by atoms with Gasteiger partial charge in [0.05, 0.1) is 5.56 Å². The van der Waals surface area contributed by atoms with Crippen LogP contribution in [0.25, 0.3) is 10.9 Å². The number of carbonyl (C=O) groups is 2. The third kappa shape index (κ3) is 3.10. The molecule has 0 bridgehead atoms. The van der Waals surface area contributed by atoms with E-state index >= 15 is 0 Å². The van der Waals surface area contributed by atoms with Gasteiger partial charge in [-0.3, -0.25) is 14.4 Å². The van der Waals surface area contributed by atoms with Crippen molar-refractivity contribution in [2.75, 3.05) is 6.54 Å². The number of nitrogens with one attached hydrogen (secondary N) is 1. The first kappa shape index (κ1) is 14.8. The first-order valence-corrected chi connectivity index (χ1v) is 6.55. The molecule has 2 rings (SSSR count). The quantitative estimate of drug-likeness (QED) is 0.891. The Morgan fingerprint density at radius 2 is 1.95 bits per heavy atom. The van der Waals surface area contributed by atoms with Crippen LogP contribution in [-0.2, 0) is 4.79 Å². The van der Waals surface area contributed by atoms with E-state index in [9.17, 15) is 14.4 Å². The summed E-state index contributed by atoms with van der Waals surface area (Å²) in [6, 6.07) is 7.86. The molecule has 1 aromatic heterocycles. The molecule has 0 radical (unpaired) electrons. The monoisotopic (exact) mass is 288 g/mol. The molecule has 1 amide bonds. The molecular weight excluding hydrogens is 272 g/mol. The van der Waals surface area contributed by atoms with Crippen molar-refractivity contribution in [3.05, 3.63) is 46.2 Å². The number of benzene rings is 1. The minimum atomic E-state index is -1.09. The van der Waals surface area contributed by atoms with E-state index in [-0.39, 0.29) is 11.6 Å². The molecule has 1 heterocycles. The predicted octanol–water partition coefficient (Wildman–Crippen LogP) is 1.46. The number of carboxylic acids is 1. The average Bonchev–Trinajstić information content (AvgIpc) is 2.42. The lowest BCUT2D eigenvalue weighted by atomic mass is 10.1. The molecule has 0 fully saturated rings. The molecule has 21 heavy (non-hydrogen) atoms. The molecule has 0 atom stereocenters. The van der Waals surface area contributed by atoms with Crippen molar-refractivity contribution in [3.8, 4) is 0 Å². The van der Waals surface area contributed by atoms with Gasteiger partial charge in [0.25, 0.3) is 5.91 Å². The van der Waals surface area contributed by atoms with Crippen molar-refractivity contribution in [2.24, 2.45) is 0 Å². The first-order chi connectivity index (χ1) is 9.90. The summed E-state index contributed by atoms with van der Waals surface area (Å²) in [6.07, 6.45) is 0. The zero-order chi connectivity index (χ0) is 15.6. The number of hydrogen-bond donors (Lipinski definition) is 2. The van der Waals surface area contributed by atoms with Crippen LogP contribution in [0.1, 0.15) is 24.2 Å². The molecule has 0 aliphatic rings. The van der Waals surface area contributed by atoms with Gasteiger partial charge in [0.15, 0.2) is 0 Å². The van der Waals surface area contributed by atoms with E-state index in [1.54, 1.807) is 38.1 Å². The Hall–Kier alpha value is -2.63. The van der Waals surface area contributed by atoms with Crippen molar-refractivity contribution < 1.29 is 14.7 Å². The number of nitrogens with zero attached hydrogens (tertiary/aromatic N) is 1. The second-order valence-electron chi connectivity index (χ2n) is 5.01. The van der Waals surface area contributed by atoms with Gasteiger partial charge in [0, 0.05) is 23.0 Å². The van der Waals surface area contributed by atoms with Crippen LogP contribution in [-0.4, -0.2) is 39.5 Å². The Labute approximate surface area is 121 Å². The van der Waals surface area contributed by atoms with Crippen molar-refractivity contribution in [1.82, 2.24) is 9.88 Å². The summed E-state index contributed by atoms with van der Waals surface area (Å²) in [7, 11) is 0. The maximum Gasteiger partial charge on any atom is 0.323 e. The number of carbonyl (C=O) groups excluding carboxylic acids is 1. The van der Waals surface area contributed by atoms with Gasteiger partial charge in [-0.15, -0.1) is 0 Å². The number of carboxylic acid groups (broad SMARTS) is 1. The summed E-state index contributed by atoms with van der Waals surface area (Å²) in [5.41, 5.74) is 0.368. The van der Waals surface area contributed by atoms with Gasteiger partial charge in [-0.2, -0.15) is 0 Å². The molecule has 0 aliphatic heterocycles. The van der Waals surface area contributed by atoms with Crippen molar-refractivity contribution in [1.29, 1.82) is 0 Å². The van der Waals surface area contributed by atoms with E-state index in [0.29, 0.717) is 10.9 Å². The van der Waals surface area contributed by atoms with Gasteiger partial charge in [0.1, 0.15) is 6.54 Å². The maximum atomic E-state index is 12.6. The number of fused-ring (bicyclic) bond motifs is 1. The normalized spacial score (nSPS) is 10.8. The molecule has 0 unspecified atom stereocenters. The van der Waals surface area contributed by atoms with Crippen LogP contribution in [0.3, 0.4) is 0 Å². The maximum absolute atomic E-state index is 12.6. The standard InChI is InChI=1S/C15H16N2O4/c1-9(2)17(8-14(19)20)15(21)11-7-13(18)16-12-6-4-3-5-10(11)12/h3-7,9H,8H2,1-2H3,(H,16,18)(H,19,20). The van der Waals surface area contributed by atoms with E-state index in [4.69, 9.17) is 5.11 Å². The van der Waals surface area contributed by atoms with E-state index in [2.05, 4.69) is 4.98 Å². The highest BCUT2D eigenvalue weighted by Gasteiger charge is 2.23. The van der Waals surface area contributed by atoms with E-state index < -0.39 is 24.0 Å². The summed E-state index contributed by atoms with van der Waals surface area (Å²) < 4.78 is 0. The lowest BCUT2D eigenvalue weighted by Crippen LogP contribution is -2.41. The molecular formula is C15H16N2O4. The van der Waals surface area contributed by atoms with Gasteiger partial charge < -0.3 is 15.0 Å². The van der Waals surface area contributed by atoms with Gasteiger partial charge in [-0.05, 0) is 19.9 Å². The smallest absolute Gasteiger partial charge is 0.323 e. The van der Waals surface area contributed by atoms with E-state index in [1.807, 2.05) is 0 Å². The minimum Gasteiger partial charge on any atom is -0.480 e. The zero-order valence-electron chi connectivity index (χ0n) is 11.8. The third-order valence-electron chi connectivity index (χ3n) is 3.17. The molecule has 0 aliphatic carbocycles. The van der Waals surface area contributed by atoms with Gasteiger partial charge in [0.2, 0.25) is 5.56 Å². The summed E-state index contributed by atoms with van der Waals surface area (Å²) in [5.74, 6) is -1.55. The molecule has 1 aromatic carbocycles. The number of pyridine rings is 1. The number of aromatic nitrogens is 1. The Morgan fingerprint density at radius 3 is 2.57 bits per heavy atom. The highest BCUT2D eigenvalue weighted by molar-refractivity contribution is 6.06. The topological polar surface area (TPSA) is 90.5 Å². The van der Waals surface area contributed by atoms with Gasteiger partial charge >= 0.3 is 5.97 Å².